The molecule has 1 aromatic carbocycles. The lowest BCUT2D eigenvalue weighted by Gasteiger charge is -2.14. The van der Waals surface area contributed by atoms with E-state index in [0.29, 0.717) is 23.7 Å². The Balaban J connectivity index is 2.39. The van der Waals surface area contributed by atoms with Crippen LogP contribution in [0.1, 0.15) is 6.92 Å². The summed E-state index contributed by atoms with van der Waals surface area (Å²) >= 11 is 0. The lowest BCUT2D eigenvalue weighted by molar-refractivity contribution is 0.417. The van der Waals surface area contributed by atoms with Gasteiger partial charge in [-0.25, -0.2) is 8.42 Å². The highest BCUT2D eigenvalue weighted by Crippen LogP contribution is 2.28. The highest BCUT2D eigenvalue weighted by molar-refractivity contribution is 7.92. The van der Waals surface area contributed by atoms with Crippen molar-refractivity contribution in [3.8, 4) is 5.75 Å². The van der Waals surface area contributed by atoms with E-state index in [2.05, 4.69) is 15.0 Å². The lowest BCUT2D eigenvalue weighted by Crippen LogP contribution is -2.16. The monoisotopic (exact) mass is 307 g/mol. The Labute approximate surface area is 124 Å². The number of rotatable bonds is 6. The summed E-state index contributed by atoms with van der Waals surface area (Å²) in [5, 5.41) is 3.01. The fraction of sp³-hybridized carbons (Fsp3) is 0.214. The first-order valence-corrected chi connectivity index (χ1v) is 7.90. The molecule has 0 fully saturated rings. The summed E-state index contributed by atoms with van der Waals surface area (Å²) in [6.45, 7) is 2.51. The van der Waals surface area contributed by atoms with Crippen molar-refractivity contribution in [1.29, 1.82) is 0 Å². The van der Waals surface area contributed by atoms with Crippen molar-refractivity contribution >= 4 is 21.4 Å². The molecule has 2 rings (SSSR count). The van der Waals surface area contributed by atoms with Crippen molar-refractivity contribution in [2.24, 2.45) is 0 Å². The van der Waals surface area contributed by atoms with Crippen molar-refractivity contribution in [2.45, 2.75) is 11.8 Å². The maximum atomic E-state index is 12.5. The van der Waals surface area contributed by atoms with Crippen LogP contribution in [0.2, 0.25) is 0 Å². The molecule has 0 spiro atoms. The number of anilines is 2. The summed E-state index contributed by atoms with van der Waals surface area (Å²) in [4.78, 5) is 3.98. The van der Waals surface area contributed by atoms with Crippen LogP contribution >= 0.6 is 0 Å². The topological polar surface area (TPSA) is 80.3 Å². The molecule has 6 nitrogen and oxygen atoms in total. The minimum atomic E-state index is -3.75. The Hall–Kier alpha value is -2.28. The third-order valence-corrected chi connectivity index (χ3v) is 4.19. The van der Waals surface area contributed by atoms with E-state index in [1.807, 2.05) is 6.92 Å². The summed E-state index contributed by atoms with van der Waals surface area (Å²) in [6, 6.07) is 8.45. The first-order chi connectivity index (χ1) is 10.1. The number of pyridine rings is 1. The van der Waals surface area contributed by atoms with Crippen LogP contribution in [0.4, 0.5) is 11.4 Å². The average molecular weight is 307 g/mol. The maximum Gasteiger partial charge on any atom is 0.265 e. The molecule has 112 valence electrons. The number of methoxy groups -OCH3 is 1. The molecule has 7 heteroatoms. The van der Waals surface area contributed by atoms with Gasteiger partial charge in [0.25, 0.3) is 10.0 Å². The molecule has 0 unspecified atom stereocenters. The number of sulfonamides is 1. The van der Waals surface area contributed by atoms with Gasteiger partial charge in [-0.3, -0.25) is 9.71 Å². The number of nitrogens with one attached hydrogen (secondary N) is 2. The van der Waals surface area contributed by atoms with Crippen molar-refractivity contribution in [3.63, 3.8) is 0 Å². The smallest absolute Gasteiger partial charge is 0.265 e. The van der Waals surface area contributed by atoms with Crippen LogP contribution in [0, 0.1) is 0 Å². The zero-order valence-electron chi connectivity index (χ0n) is 11.8. The molecule has 0 amide bonds. The van der Waals surface area contributed by atoms with Crippen LogP contribution < -0.4 is 14.8 Å². The molecule has 0 aliphatic carbocycles. The van der Waals surface area contributed by atoms with Gasteiger partial charge >= 0.3 is 0 Å². The maximum absolute atomic E-state index is 12.5. The van der Waals surface area contributed by atoms with E-state index < -0.39 is 10.0 Å². The van der Waals surface area contributed by atoms with E-state index >= 15 is 0 Å². The van der Waals surface area contributed by atoms with Gasteiger partial charge in [-0.2, -0.15) is 0 Å². The standard InChI is InChI=1S/C14H17N3O3S/c1-3-16-12-8-9-15-10-14(12)21(18,19)17-11-6-4-5-7-13(11)20-2/h4-10,17H,3H2,1-2H3,(H,15,16). The molecule has 0 saturated carbocycles. The van der Waals surface area contributed by atoms with Crippen molar-refractivity contribution < 1.29 is 13.2 Å². The first-order valence-electron chi connectivity index (χ1n) is 6.42. The van der Waals surface area contributed by atoms with Gasteiger partial charge < -0.3 is 10.1 Å². The predicted octanol–water partition coefficient (Wildman–Crippen LogP) is 2.32. The van der Waals surface area contributed by atoms with Gasteiger partial charge in [-0.05, 0) is 25.1 Å². The molecule has 2 N–H and O–H groups in total. The largest absolute Gasteiger partial charge is 0.495 e. The number of benzene rings is 1. The number of hydrogen-bond donors (Lipinski definition) is 2. The summed E-state index contributed by atoms with van der Waals surface area (Å²) in [5.41, 5.74) is 0.890. The van der Waals surface area contributed by atoms with Crippen molar-refractivity contribution in [2.75, 3.05) is 23.7 Å². The molecule has 0 bridgehead atoms. The number of ether oxygens (including phenoxy) is 1. The second-order valence-corrected chi connectivity index (χ2v) is 5.86. The minimum Gasteiger partial charge on any atom is -0.495 e. The number of aromatic nitrogens is 1. The van der Waals surface area contributed by atoms with E-state index in [-0.39, 0.29) is 4.90 Å². The Morgan fingerprint density at radius 1 is 1.19 bits per heavy atom. The van der Waals surface area contributed by atoms with Crippen molar-refractivity contribution in [3.05, 3.63) is 42.7 Å². The zero-order chi connectivity index (χ0) is 15.3. The molecule has 0 aliphatic heterocycles. The Morgan fingerprint density at radius 2 is 1.95 bits per heavy atom. The van der Waals surface area contributed by atoms with Crippen LogP contribution in [0.15, 0.2) is 47.6 Å². The van der Waals surface area contributed by atoms with Gasteiger partial charge in [-0.15, -0.1) is 0 Å². The van der Waals surface area contributed by atoms with E-state index in [1.165, 1.54) is 13.3 Å². The third-order valence-electron chi connectivity index (χ3n) is 2.79. The number of hydrogen-bond acceptors (Lipinski definition) is 5. The second kappa shape index (κ2) is 6.45. The van der Waals surface area contributed by atoms with E-state index in [9.17, 15) is 8.42 Å². The van der Waals surface area contributed by atoms with Crippen LogP contribution in [0.3, 0.4) is 0 Å². The summed E-state index contributed by atoms with van der Waals surface area (Å²) in [7, 11) is -2.27. The molecular weight excluding hydrogens is 290 g/mol. The molecule has 2 aromatic rings. The summed E-state index contributed by atoms with van der Waals surface area (Å²) in [6.07, 6.45) is 2.86. The predicted molar refractivity (Wildman–Crippen MR) is 82.2 cm³/mol. The van der Waals surface area contributed by atoms with Gasteiger partial charge in [0.05, 0.1) is 18.5 Å². The molecule has 0 aliphatic rings. The summed E-state index contributed by atoms with van der Waals surface area (Å²) in [5.74, 6) is 0.454. The Bertz CT molecular complexity index is 717. The fourth-order valence-electron chi connectivity index (χ4n) is 1.86. The molecule has 0 radical (unpaired) electrons. The van der Waals surface area contributed by atoms with Crippen LogP contribution in [-0.2, 0) is 10.0 Å². The molecule has 21 heavy (non-hydrogen) atoms. The molecule has 1 aromatic heterocycles. The summed E-state index contributed by atoms with van der Waals surface area (Å²) < 4.78 is 32.7. The first kappa shape index (κ1) is 15.1. The van der Waals surface area contributed by atoms with Gasteiger partial charge in [-0.1, -0.05) is 12.1 Å². The average Bonchev–Trinajstić information content (AvgIpc) is 2.48. The second-order valence-electron chi connectivity index (χ2n) is 4.21. The van der Waals surface area contributed by atoms with E-state index in [0.717, 1.165) is 0 Å². The molecule has 1 heterocycles. The molecular formula is C14H17N3O3S. The molecule has 0 atom stereocenters. The zero-order valence-corrected chi connectivity index (χ0v) is 12.6. The van der Waals surface area contributed by atoms with Gasteiger partial charge in [0.2, 0.25) is 0 Å². The quantitative estimate of drug-likeness (QED) is 0.856. The Morgan fingerprint density at radius 3 is 2.67 bits per heavy atom. The van der Waals surface area contributed by atoms with Crippen molar-refractivity contribution in [1.82, 2.24) is 4.98 Å². The third kappa shape index (κ3) is 3.43. The minimum absolute atomic E-state index is 0.0951. The van der Waals surface area contributed by atoms with Crippen LogP contribution in [0.5, 0.6) is 5.75 Å². The van der Waals surface area contributed by atoms with Crippen LogP contribution in [-0.4, -0.2) is 27.1 Å². The highest BCUT2D eigenvalue weighted by atomic mass is 32.2. The van der Waals surface area contributed by atoms with E-state index in [1.54, 1.807) is 36.5 Å². The lowest BCUT2D eigenvalue weighted by atomic mass is 10.3. The number of nitrogens with zero attached hydrogens (tertiary/aromatic N) is 1. The van der Waals surface area contributed by atoms with Gasteiger partial charge in [0, 0.05) is 18.9 Å². The van der Waals surface area contributed by atoms with E-state index in [4.69, 9.17) is 4.74 Å². The van der Waals surface area contributed by atoms with Crippen LogP contribution in [0.25, 0.3) is 0 Å². The molecule has 0 saturated heterocycles. The SMILES string of the molecule is CCNc1ccncc1S(=O)(=O)Nc1ccccc1OC. The number of para-hydroxylation sites is 2. The van der Waals surface area contributed by atoms with Gasteiger partial charge in [0.15, 0.2) is 0 Å². The normalized spacial score (nSPS) is 11.0. The van der Waals surface area contributed by atoms with Gasteiger partial charge in [0.1, 0.15) is 10.6 Å². The fourth-order valence-corrected chi connectivity index (χ4v) is 3.06. The highest BCUT2D eigenvalue weighted by Gasteiger charge is 2.20. The Kier molecular flexibility index (Phi) is 4.64.